The molecule has 92 valence electrons. The predicted molar refractivity (Wildman–Crippen MR) is 77.5 cm³/mol. The summed E-state index contributed by atoms with van der Waals surface area (Å²) >= 11 is 8.28. The highest BCUT2D eigenvalue weighted by Crippen LogP contribution is 2.21. The van der Waals surface area contributed by atoms with Gasteiger partial charge < -0.3 is 10.2 Å². The molecule has 0 aromatic heterocycles. The molecule has 1 fully saturated rings. The van der Waals surface area contributed by atoms with Gasteiger partial charge in [-0.2, -0.15) is 0 Å². The molecule has 1 aliphatic heterocycles. The Balaban J connectivity index is 2.26. The lowest BCUT2D eigenvalue weighted by atomic mass is 10.1. The number of benzene rings is 1. The maximum atomic E-state index is 12.4. The molecule has 0 radical (unpaired) electrons. The minimum absolute atomic E-state index is 0.0301. The number of carbonyl (C=O) groups excluding carboxylic acids is 1. The molecule has 1 amide bonds. The molecule has 0 unspecified atom stereocenters. The average molecular weight is 365 g/mol. The molecule has 1 heterocycles. The monoisotopic (exact) mass is 364 g/mol. The van der Waals surface area contributed by atoms with E-state index < -0.39 is 0 Å². The van der Waals surface area contributed by atoms with Crippen molar-refractivity contribution < 1.29 is 4.79 Å². The SMILES string of the molecule is C[C@@H]1CNCCN1C(=O)c1cc(I)ccc1Cl. The summed E-state index contributed by atoms with van der Waals surface area (Å²) in [6, 6.07) is 5.75. The number of carbonyl (C=O) groups is 1. The molecule has 2 rings (SSSR count). The van der Waals surface area contributed by atoms with E-state index in [1.165, 1.54) is 0 Å². The second kappa shape index (κ2) is 5.54. The van der Waals surface area contributed by atoms with Crippen molar-refractivity contribution in [2.24, 2.45) is 0 Å². The number of hydrogen-bond acceptors (Lipinski definition) is 2. The molecule has 1 atom stereocenters. The second-order valence-electron chi connectivity index (χ2n) is 4.18. The Kier molecular flexibility index (Phi) is 4.27. The van der Waals surface area contributed by atoms with Gasteiger partial charge in [-0.3, -0.25) is 4.79 Å². The van der Waals surface area contributed by atoms with E-state index in [4.69, 9.17) is 11.6 Å². The molecule has 1 aromatic carbocycles. The topological polar surface area (TPSA) is 32.3 Å². The van der Waals surface area contributed by atoms with Crippen LogP contribution in [0.1, 0.15) is 17.3 Å². The van der Waals surface area contributed by atoms with Crippen LogP contribution in [-0.4, -0.2) is 36.5 Å². The van der Waals surface area contributed by atoms with Gasteiger partial charge in [0.05, 0.1) is 10.6 Å². The Hall–Kier alpha value is -0.330. The lowest BCUT2D eigenvalue weighted by Gasteiger charge is -2.34. The Morgan fingerprint density at radius 2 is 2.35 bits per heavy atom. The number of nitrogens with one attached hydrogen (secondary N) is 1. The van der Waals surface area contributed by atoms with E-state index in [1.54, 1.807) is 6.07 Å². The van der Waals surface area contributed by atoms with Gasteiger partial charge in [0.15, 0.2) is 0 Å². The molecule has 1 aliphatic rings. The Bertz CT molecular complexity index is 439. The zero-order valence-corrected chi connectivity index (χ0v) is 12.5. The molecule has 0 bridgehead atoms. The third-order valence-corrected chi connectivity index (χ3v) is 3.92. The van der Waals surface area contributed by atoms with Crippen LogP contribution in [0.15, 0.2) is 18.2 Å². The Morgan fingerprint density at radius 1 is 1.59 bits per heavy atom. The van der Waals surface area contributed by atoms with Crippen LogP contribution in [-0.2, 0) is 0 Å². The molecule has 1 aromatic rings. The quantitative estimate of drug-likeness (QED) is 0.776. The molecular weight excluding hydrogens is 351 g/mol. The summed E-state index contributed by atoms with van der Waals surface area (Å²) in [7, 11) is 0. The third kappa shape index (κ3) is 2.92. The summed E-state index contributed by atoms with van der Waals surface area (Å²) in [4.78, 5) is 14.3. The summed E-state index contributed by atoms with van der Waals surface area (Å²) in [5, 5.41) is 3.80. The van der Waals surface area contributed by atoms with Gasteiger partial charge in [0.1, 0.15) is 0 Å². The second-order valence-corrected chi connectivity index (χ2v) is 5.83. The maximum absolute atomic E-state index is 12.4. The largest absolute Gasteiger partial charge is 0.333 e. The standard InChI is InChI=1S/C12H14ClIN2O/c1-8-7-15-4-5-16(8)12(17)10-6-9(14)2-3-11(10)13/h2-3,6,8,15H,4-5,7H2,1H3/t8-/m1/s1. The zero-order valence-electron chi connectivity index (χ0n) is 9.54. The van der Waals surface area contributed by atoms with Crippen molar-refractivity contribution in [3.05, 3.63) is 32.4 Å². The fourth-order valence-electron chi connectivity index (χ4n) is 1.96. The summed E-state index contributed by atoms with van der Waals surface area (Å²) in [5.74, 6) is 0.0301. The first-order valence-corrected chi connectivity index (χ1v) is 7.02. The van der Waals surface area contributed by atoms with E-state index in [0.717, 1.165) is 23.2 Å². The average Bonchev–Trinajstić information content (AvgIpc) is 2.32. The number of piperazine rings is 1. The van der Waals surface area contributed by atoms with Gasteiger partial charge in [-0.05, 0) is 47.7 Å². The molecule has 5 heteroatoms. The van der Waals surface area contributed by atoms with Gasteiger partial charge in [-0.25, -0.2) is 0 Å². The zero-order chi connectivity index (χ0) is 12.4. The van der Waals surface area contributed by atoms with Crippen molar-refractivity contribution in [2.75, 3.05) is 19.6 Å². The van der Waals surface area contributed by atoms with Gasteiger partial charge in [-0.1, -0.05) is 11.6 Å². The van der Waals surface area contributed by atoms with Crippen LogP contribution in [0, 0.1) is 3.57 Å². The van der Waals surface area contributed by atoms with Gasteiger partial charge in [0, 0.05) is 29.2 Å². The van der Waals surface area contributed by atoms with Crippen molar-refractivity contribution in [1.29, 1.82) is 0 Å². The van der Waals surface area contributed by atoms with E-state index in [9.17, 15) is 4.79 Å². The summed E-state index contributed by atoms with van der Waals surface area (Å²) < 4.78 is 1.03. The number of hydrogen-bond donors (Lipinski definition) is 1. The molecule has 3 nitrogen and oxygen atoms in total. The van der Waals surface area contributed by atoms with Crippen molar-refractivity contribution in [3.63, 3.8) is 0 Å². The lowest BCUT2D eigenvalue weighted by molar-refractivity contribution is 0.0656. The number of rotatable bonds is 1. The Morgan fingerprint density at radius 3 is 3.06 bits per heavy atom. The minimum Gasteiger partial charge on any atom is -0.333 e. The van der Waals surface area contributed by atoms with E-state index >= 15 is 0 Å². The first-order chi connectivity index (χ1) is 8.09. The van der Waals surface area contributed by atoms with Crippen LogP contribution >= 0.6 is 34.2 Å². The number of amides is 1. The fraction of sp³-hybridized carbons (Fsp3) is 0.417. The minimum atomic E-state index is 0.0301. The van der Waals surface area contributed by atoms with Crippen LogP contribution in [0.3, 0.4) is 0 Å². The summed E-state index contributed by atoms with van der Waals surface area (Å²) in [5.41, 5.74) is 0.604. The van der Waals surface area contributed by atoms with Gasteiger partial charge in [0.25, 0.3) is 5.91 Å². The highest BCUT2D eigenvalue weighted by molar-refractivity contribution is 14.1. The van der Waals surface area contributed by atoms with E-state index in [-0.39, 0.29) is 11.9 Å². The smallest absolute Gasteiger partial charge is 0.255 e. The van der Waals surface area contributed by atoms with Crippen molar-refractivity contribution in [1.82, 2.24) is 10.2 Å². The summed E-state index contributed by atoms with van der Waals surface area (Å²) in [6.45, 7) is 4.47. The Labute approximate surface area is 120 Å². The van der Waals surface area contributed by atoms with Crippen molar-refractivity contribution >= 4 is 40.1 Å². The van der Waals surface area contributed by atoms with Gasteiger partial charge in [-0.15, -0.1) is 0 Å². The molecule has 17 heavy (non-hydrogen) atoms. The first-order valence-electron chi connectivity index (χ1n) is 5.56. The van der Waals surface area contributed by atoms with E-state index in [0.29, 0.717) is 10.6 Å². The molecule has 0 saturated carbocycles. The van der Waals surface area contributed by atoms with Crippen LogP contribution in [0.4, 0.5) is 0 Å². The van der Waals surface area contributed by atoms with E-state index in [2.05, 4.69) is 27.9 Å². The number of nitrogens with zero attached hydrogens (tertiary/aromatic N) is 1. The molecule has 0 spiro atoms. The highest BCUT2D eigenvalue weighted by atomic mass is 127. The molecule has 0 aliphatic carbocycles. The van der Waals surface area contributed by atoms with Crippen LogP contribution in [0.2, 0.25) is 5.02 Å². The van der Waals surface area contributed by atoms with Crippen LogP contribution in [0.5, 0.6) is 0 Å². The molecule has 1 N–H and O–H groups in total. The maximum Gasteiger partial charge on any atom is 0.255 e. The third-order valence-electron chi connectivity index (χ3n) is 2.92. The highest BCUT2D eigenvalue weighted by Gasteiger charge is 2.25. The van der Waals surface area contributed by atoms with Crippen molar-refractivity contribution in [3.8, 4) is 0 Å². The van der Waals surface area contributed by atoms with Crippen LogP contribution in [0.25, 0.3) is 0 Å². The molecule has 1 saturated heterocycles. The predicted octanol–water partition coefficient (Wildman–Crippen LogP) is 2.38. The van der Waals surface area contributed by atoms with E-state index in [1.807, 2.05) is 24.0 Å². The number of halogens is 2. The van der Waals surface area contributed by atoms with Gasteiger partial charge in [0.2, 0.25) is 0 Å². The fourth-order valence-corrected chi connectivity index (χ4v) is 2.65. The lowest BCUT2D eigenvalue weighted by Crippen LogP contribution is -2.52. The normalized spacial score (nSPS) is 20.4. The first kappa shape index (κ1) is 13.1. The van der Waals surface area contributed by atoms with Crippen LogP contribution < -0.4 is 5.32 Å². The molecular formula is C12H14ClIN2O. The van der Waals surface area contributed by atoms with Crippen molar-refractivity contribution in [2.45, 2.75) is 13.0 Å². The summed E-state index contributed by atoms with van der Waals surface area (Å²) in [6.07, 6.45) is 0. The van der Waals surface area contributed by atoms with Gasteiger partial charge >= 0.3 is 0 Å².